The van der Waals surface area contributed by atoms with Gasteiger partial charge in [-0.1, -0.05) is 35.9 Å². The van der Waals surface area contributed by atoms with E-state index in [1.807, 2.05) is 18.2 Å². The van der Waals surface area contributed by atoms with Crippen LogP contribution in [0.25, 0.3) is 11.1 Å². The zero-order valence-electron chi connectivity index (χ0n) is 8.95. The van der Waals surface area contributed by atoms with Crippen LogP contribution in [0.5, 0.6) is 0 Å². The van der Waals surface area contributed by atoms with Gasteiger partial charge in [0.15, 0.2) is 0 Å². The number of hydrogen-bond donors (Lipinski definition) is 0. The van der Waals surface area contributed by atoms with Gasteiger partial charge in [-0.2, -0.15) is 5.26 Å². The Balaban J connectivity index is 2.38. The van der Waals surface area contributed by atoms with Crippen LogP contribution in [0.1, 0.15) is 5.56 Å². The smallest absolute Gasteiger partial charge is 0.128 e. The van der Waals surface area contributed by atoms with Crippen molar-refractivity contribution in [2.45, 2.75) is 6.42 Å². The summed E-state index contributed by atoms with van der Waals surface area (Å²) in [4.78, 5) is 0. The second kappa shape index (κ2) is 4.99. The van der Waals surface area contributed by atoms with E-state index in [1.165, 1.54) is 6.07 Å². The molecule has 2 aromatic carbocycles. The Kier molecular flexibility index (Phi) is 3.41. The first-order chi connectivity index (χ1) is 8.20. The van der Waals surface area contributed by atoms with Crippen LogP contribution in [0.3, 0.4) is 0 Å². The number of nitrogens with zero attached hydrogens (tertiary/aromatic N) is 1. The van der Waals surface area contributed by atoms with E-state index in [9.17, 15) is 4.39 Å². The summed E-state index contributed by atoms with van der Waals surface area (Å²) >= 11 is 5.79. The molecule has 1 nitrogen and oxygen atoms in total. The summed E-state index contributed by atoms with van der Waals surface area (Å²) in [6, 6.07) is 14.0. The van der Waals surface area contributed by atoms with E-state index in [0.29, 0.717) is 10.6 Å². The molecule has 0 saturated carbocycles. The lowest BCUT2D eigenvalue weighted by atomic mass is 10.0. The Morgan fingerprint density at radius 2 is 1.71 bits per heavy atom. The van der Waals surface area contributed by atoms with E-state index >= 15 is 0 Å². The average Bonchev–Trinajstić information content (AvgIpc) is 2.33. The van der Waals surface area contributed by atoms with Crippen LogP contribution in [0.15, 0.2) is 42.5 Å². The molecule has 0 N–H and O–H groups in total. The van der Waals surface area contributed by atoms with E-state index in [-0.39, 0.29) is 12.2 Å². The quantitative estimate of drug-likeness (QED) is 0.777. The minimum Gasteiger partial charge on any atom is -0.207 e. The second-order valence-electron chi connectivity index (χ2n) is 3.65. The third-order valence-electron chi connectivity index (χ3n) is 2.50. The lowest BCUT2D eigenvalue weighted by Crippen LogP contribution is -1.89. The van der Waals surface area contributed by atoms with Crippen LogP contribution in [-0.2, 0) is 6.42 Å². The summed E-state index contributed by atoms with van der Waals surface area (Å²) in [5.74, 6) is -0.348. The maximum absolute atomic E-state index is 13.6. The maximum Gasteiger partial charge on any atom is 0.128 e. The number of benzene rings is 2. The number of nitriles is 1. The van der Waals surface area contributed by atoms with Crippen molar-refractivity contribution in [2.24, 2.45) is 0 Å². The molecule has 84 valence electrons. The van der Waals surface area contributed by atoms with Gasteiger partial charge >= 0.3 is 0 Å². The van der Waals surface area contributed by atoms with Crippen molar-refractivity contribution < 1.29 is 4.39 Å². The highest BCUT2D eigenvalue weighted by molar-refractivity contribution is 6.30. The first kappa shape index (κ1) is 11.6. The van der Waals surface area contributed by atoms with Crippen LogP contribution in [0.2, 0.25) is 5.02 Å². The predicted octanol–water partition coefficient (Wildman–Crippen LogP) is 4.21. The maximum atomic E-state index is 13.6. The molecule has 0 bridgehead atoms. The molecular weight excluding hydrogens is 237 g/mol. The summed E-state index contributed by atoms with van der Waals surface area (Å²) in [5, 5.41) is 9.18. The Hall–Kier alpha value is -1.85. The highest BCUT2D eigenvalue weighted by Gasteiger charge is 2.04. The van der Waals surface area contributed by atoms with Gasteiger partial charge in [0.2, 0.25) is 0 Å². The molecule has 0 atom stereocenters. The molecule has 0 amide bonds. The molecule has 2 rings (SSSR count). The molecule has 2 aromatic rings. The zero-order chi connectivity index (χ0) is 12.3. The minimum absolute atomic E-state index is 0.0900. The van der Waals surface area contributed by atoms with Crippen molar-refractivity contribution in [3.8, 4) is 17.2 Å². The Labute approximate surface area is 104 Å². The van der Waals surface area contributed by atoms with Crippen LogP contribution in [-0.4, -0.2) is 0 Å². The standard InChI is InChI=1S/C14H9ClFN/c15-13-5-3-10(4-6-13)12-2-1-11(7-8-17)14(16)9-12/h1-6,9H,7H2. The van der Waals surface area contributed by atoms with E-state index in [2.05, 4.69) is 0 Å². The van der Waals surface area contributed by atoms with Gasteiger partial charge in [-0.25, -0.2) is 4.39 Å². The van der Waals surface area contributed by atoms with Gasteiger partial charge < -0.3 is 0 Å². The molecule has 0 heterocycles. The van der Waals surface area contributed by atoms with Gasteiger partial charge in [-0.15, -0.1) is 0 Å². The van der Waals surface area contributed by atoms with E-state index in [1.54, 1.807) is 24.3 Å². The third kappa shape index (κ3) is 2.64. The molecule has 0 radical (unpaired) electrons. The average molecular weight is 246 g/mol. The molecule has 0 aliphatic heterocycles. The van der Waals surface area contributed by atoms with Crippen molar-refractivity contribution in [3.63, 3.8) is 0 Å². The molecule has 3 heteroatoms. The van der Waals surface area contributed by atoms with Crippen molar-refractivity contribution in [2.75, 3.05) is 0 Å². The Morgan fingerprint density at radius 3 is 2.29 bits per heavy atom. The highest BCUT2D eigenvalue weighted by Crippen LogP contribution is 2.23. The van der Waals surface area contributed by atoms with Gasteiger partial charge in [-0.3, -0.25) is 0 Å². The van der Waals surface area contributed by atoms with Gasteiger partial charge in [0.1, 0.15) is 5.82 Å². The second-order valence-corrected chi connectivity index (χ2v) is 4.08. The fourth-order valence-corrected chi connectivity index (χ4v) is 1.72. The fourth-order valence-electron chi connectivity index (χ4n) is 1.60. The van der Waals surface area contributed by atoms with E-state index < -0.39 is 0 Å². The molecule has 0 saturated heterocycles. The fraction of sp³-hybridized carbons (Fsp3) is 0.0714. The number of hydrogen-bond acceptors (Lipinski definition) is 1. The van der Waals surface area contributed by atoms with Crippen LogP contribution in [0, 0.1) is 17.1 Å². The highest BCUT2D eigenvalue weighted by atomic mass is 35.5. The molecule has 0 fully saturated rings. The van der Waals surface area contributed by atoms with Gasteiger partial charge in [0, 0.05) is 10.6 Å². The molecule has 0 aromatic heterocycles. The van der Waals surface area contributed by atoms with Crippen molar-refractivity contribution >= 4 is 11.6 Å². The van der Waals surface area contributed by atoms with Gasteiger partial charge in [-0.05, 0) is 29.3 Å². The molecule has 0 aliphatic rings. The topological polar surface area (TPSA) is 23.8 Å². The summed E-state index contributed by atoms with van der Waals surface area (Å²) in [5.41, 5.74) is 2.10. The monoisotopic (exact) mass is 245 g/mol. The van der Waals surface area contributed by atoms with Crippen molar-refractivity contribution in [3.05, 3.63) is 58.9 Å². The Morgan fingerprint density at radius 1 is 1.06 bits per heavy atom. The summed E-state index contributed by atoms with van der Waals surface area (Å²) < 4.78 is 13.6. The molecule has 0 aliphatic carbocycles. The third-order valence-corrected chi connectivity index (χ3v) is 2.75. The zero-order valence-corrected chi connectivity index (χ0v) is 9.71. The molecule has 17 heavy (non-hydrogen) atoms. The summed E-state index contributed by atoms with van der Waals surface area (Å²) in [6.45, 7) is 0. The van der Waals surface area contributed by atoms with Gasteiger partial charge in [0.25, 0.3) is 0 Å². The molecular formula is C14H9ClFN. The first-order valence-corrected chi connectivity index (χ1v) is 5.50. The van der Waals surface area contributed by atoms with Crippen LogP contribution in [0.4, 0.5) is 4.39 Å². The predicted molar refractivity (Wildman–Crippen MR) is 66.2 cm³/mol. The summed E-state index contributed by atoms with van der Waals surface area (Å²) in [7, 11) is 0. The molecule has 0 unspecified atom stereocenters. The van der Waals surface area contributed by atoms with E-state index in [0.717, 1.165) is 11.1 Å². The lowest BCUT2D eigenvalue weighted by Gasteiger charge is -2.04. The lowest BCUT2D eigenvalue weighted by molar-refractivity contribution is 0.616. The van der Waals surface area contributed by atoms with Crippen molar-refractivity contribution in [1.29, 1.82) is 5.26 Å². The first-order valence-electron chi connectivity index (χ1n) is 5.12. The van der Waals surface area contributed by atoms with Crippen LogP contribution >= 0.6 is 11.6 Å². The number of halogens is 2. The largest absolute Gasteiger partial charge is 0.207 e. The summed E-state index contributed by atoms with van der Waals surface area (Å²) in [6.07, 6.45) is 0.0900. The SMILES string of the molecule is N#CCc1ccc(-c2ccc(Cl)cc2)cc1F. The minimum atomic E-state index is -0.348. The van der Waals surface area contributed by atoms with Gasteiger partial charge in [0.05, 0.1) is 12.5 Å². The number of rotatable bonds is 2. The normalized spacial score (nSPS) is 9.94. The van der Waals surface area contributed by atoms with Crippen LogP contribution < -0.4 is 0 Å². The Bertz CT molecular complexity index is 570. The molecule has 0 spiro atoms. The van der Waals surface area contributed by atoms with E-state index in [4.69, 9.17) is 16.9 Å². The van der Waals surface area contributed by atoms with Crippen molar-refractivity contribution in [1.82, 2.24) is 0 Å².